The van der Waals surface area contributed by atoms with Gasteiger partial charge in [0, 0.05) is 22.6 Å². The zero-order valence-electron chi connectivity index (χ0n) is 11.3. The van der Waals surface area contributed by atoms with Gasteiger partial charge < -0.3 is 9.47 Å². The zero-order valence-corrected chi connectivity index (χ0v) is 15.3. The molecule has 0 aliphatic carbocycles. The molecule has 1 rings (SSSR count). The lowest BCUT2D eigenvalue weighted by Gasteiger charge is -2.10. The van der Waals surface area contributed by atoms with E-state index in [0.29, 0.717) is 24.3 Å². The molecule has 1 N–H and O–H groups in total. The third-order valence-electron chi connectivity index (χ3n) is 2.47. The minimum absolute atomic E-state index is 0.201. The Hall–Kier alpha value is 0.01000. The average molecular weight is 431 g/mol. The Kier molecular flexibility index (Phi) is 7.63. The summed E-state index contributed by atoms with van der Waals surface area (Å²) in [7, 11) is -1.98. The van der Waals surface area contributed by atoms with Crippen molar-refractivity contribution in [2.45, 2.75) is 11.8 Å². The summed E-state index contributed by atoms with van der Waals surface area (Å²) in [5.41, 5.74) is 0.957. The predicted molar refractivity (Wildman–Crippen MR) is 84.5 cm³/mol. The maximum atomic E-state index is 12.2. The summed E-state index contributed by atoms with van der Waals surface area (Å²) in [6, 6.07) is 3.33. The van der Waals surface area contributed by atoms with Crippen molar-refractivity contribution in [2.24, 2.45) is 0 Å². The molecule has 1 aromatic carbocycles. The van der Waals surface area contributed by atoms with Gasteiger partial charge in [-0.15, -0.1) is 0 Å². The summed E-state index contributed by atoms with van der Waals surface area (Å²) < 4.78 is 38.1. The number of nitrogens with one attached hydrogen (secondary N) is 1. The van der Waals surface area contributed by atoms with Crippen LogP contribution in [-0.2, 0) is 19.5 Å². The quantitative estimate of drug-likeness (QED) is 0.643. The number of sulfonamides is 1. The van der Waals surface area contributed by atoms with Gasteiger partial charge in [-0.1, -0.05) is 15.9 Å². The summed E-state index contributed by atoms with van der Waals surface area (Å²) in [6.45, 7) is 3.33. The average Bonchev–Trinajstić information content (AvgIpc) is 2.37. The number of hydrogen-bond acceptors (Lipinski definition) is 4. The summed E-state index contributed by atoms with van der Waals surface area (Å²) in [5, 5.41) is 0. The van der Waals surface area contributed by atoms with Crippen molar-refractivity contribution >= 4 is 41.9 Å². The van der Waals surface area contributed by atoms with E-state index in [2.05, 4.69) is 36.6 Å². The second kappa shape index (κ2) is 8.45. The summed E-state index contributed by atoms with van der Waals surface area (Å²) in [6.07, 6.45) is 0. The summed E-state index contributed by atoms with van der Waals surface area (Å²) in [5.74, 6) is 0. The van der Waals surface area contributed by atoms with Gasteiger partial charge in [-0.05, 0) is 40.5 Å². The van der Waals surface area contributed by atoms with Crippen LogP contribution in [0.1, 0.15) is 5.56 Å². The molecular weight excluding hydrogens is 414 g/mol. The number of halogens is 2. The molecule has 114 valence electrons. The number of benzene rings is 1. The Labute approximate surface area is 136 Å². The topological polar surface area (TPSA) is 64.6 Å². The van der Waals surface area contributed by atoms with Crippen LogP contribution in [-0.4, -0.2) is 41.9 Å². The van der Waals surface area contributed by atoms with Gasteiger partial charge in [-0.2, -0.15) is 0 Å². The van der Waals surface area contributed by atoms with Crippen molar-refractivity contribution < 1.29 is 17.9 Å². The van der Waals surface area contributed by atoms with Crippen LogP contribution in [0.15, 0.2) is 26.0 Å². The number of methoxy groups -OCH3 is 1. The normalized spacial score (nSPS) is 11.8. The first-order valence-electron chi connectivity index (χ1n) is 5.90. The van der Waals surface area contributed by atoms with Crippen molar-refractivity contribution in [1.29, 1.82) is 0 Å². The SMILES string of the molecule is COCCOCCNS(=O)(=O)c1cc(Br)c(C)cc1Br. The van der Waals surface area contributed by atoms with Gasteiger partial charge in [0.2, 0.25) is 10.0 Å². The number of hydrogen-bond donors (Lipinski definition) is 1. The molecule has 0 atom stereocenters. The molecule has 20 heavy (non-hydrogen) atoms. The Morgan fingerprint density at radius 3 is 2.50 bits per heavy atom. The molecule has 8 heteroatoms. The molecule has 0 bridgehead atoms. The summed E-state index contributed by atoms with van der Waals surface area (Å²) >= 11 is 6.60. The van der Waals surface area contributed by atoms with Crippen LogP contribution in [0, 0.1) is 6.92 Å². The maximum absolute atomic E-state index is 12.2. The van der Waals surface area contributed by atoms with Crippen molar-refractivity contribution in [2.75, 3.05) is 33.5 Å². The molecule has 0 aliphatic heterocycles. The highest BCUT2D eigenvalue weighted by molar-refractivity contribution is 9.11. The van der Waals surface area contributed by atoms with E-state index in [9.17, 15) is 8.42 Å². The molecule has 0 heterocycles. The van der Waals surface area contributed by atoms with Crippen LogP contribution < -0.4 is 4.72 Å². The van der Waals surface area contributed by atoms with Gasteiger partial charge in [0.15, 0.2) is 0 Å². The number of rotatable bonds is 8. The highest BCUT2D eigenvalue weighted by Crippen LogP contribution is 2.28. The van der Waals surface area contributed by atoms with E-state index in [1.807, 2.05) is 6.92 Å². The highest BCUT2D eigenvalue weighted by Gasteiger charge is 2.18. The molecule has 0 amide bonds. The van der Waals surface area contributed by atoms with Crippen LogP contribution >= 0.6 is 31.9 Å². The molecule has 5 nitrogen and oxygen atoms in total. The van der Waals surface area contributed by atoms with Gasteiger partial charge in [0.05, 0.1) is 24.7 Å². The van der Waals surface area contributed by atoms with E-state index < -0.39 is 10.0 Å². The van der Waals surface area contributed by atoms with Gasteiger partial charge >= 0.3 is 0 Å². The Morgan fingerprint density at radius 1 is 1.15 bits per heavy atom. The fraction of sp³-hybridized carbons (Fsp3) is 0.500. The molecule has 0 aliphatic rings. The second-order valence-electron chi connectivity index (χ2n) is 4.03. The van der Waals surface area contributed by atoms with Gasteiger partial charge in [-0.3, -0.25) is 0 Å². The summed E-state index contributed by atoms with van der Waals surface area (Å²) in [4.78, 5) is 0.201. The minimum Gasteiger partial charge on any atom is -0.382 e. The van der Waals surface area contributed by atoms with E-state index in [4.69, 9.17) is 9.47 Å². The maximum Gasteiger partial charge on any atom is 0.241 e. The van der Waals surface area contributed by atoms with E-state index in [-0.39, 0.29) is 11.4 Å². The molecule has 0 fully saturated rings. The fourth-order valence-corrected chi connectivity index (χ4v) is 4.09. The zero-order chi connectivity index (χ0) is 15.2. The molecule has 0 saturated heterocycles. The third-order valence-corrected chi connectivity index (χ3v) is 5.75. The molecular formula is C12H17Br2NO4S. The highest BCUT2D eigenvalue weighted by atomic mass is 79.9. The van der Waals surface area contributed by atoms with Crippen LogP contribution in [0.5, 0.6) is 0 Å². The minimum atomic E-state index is -3.56. The lowest BCUT2D eigenvalue weighted by atomic mass is 10.2. The Bertz CT molecular complexity index is 549. The molecule has 0 radical (unpaired) electrons. The molecule has 0 aromatic heterocycles. The standard InChI is InChI=1S/C12H17Br2NO4S/c1-9-7-11(14)12(8-10(9)13)20(16,17)15-3-4-19-6-5-18-2/h7-8,15H,3-6H2,1-2H3. The predicted octanol–water partition coefficient (Wildman–Crippen LogP) is 2.46. The first-order chi connectivity index (χ1) is 9.38. The van der Waals surface area contributed by atoms with Crippen LogP contribution in [0.3, 0.4) is 0 Å². The number of ether oxygens (including phenoxy) is 2. The van der Waals surface area contributed by atoms with Crippen LogP contribution in [0.2, 0.25) is 0 Å². The molecule has 1 aromatic rings. The van der Waals surface area contributed by atoms with Crippen molar-refractivity contribution in [3.05, 3.63) is 26.6 Å². The fourth-order valence-electron chi connectivity index (χ4n) is 1.40. The van der Waals surface area contributed by atoms with Gasteiger partial charge in [0.25, 0.3) is 0 Å². The first-order valence-corrected chi connectivity index (χ1v) is 8.97. The van der Waals surface area contributed by atoms with E-state index in [1.165, 1.54) is 0 Å². The molecule has 0 spiro atoms. The van der Waals surface area contributed by atoms with E-state index in [1.54, 1.807) is 19.2 Å². The molecule has 0 saturated carbocycles. The number of aryl methyl sites for hydroxylation is 1. The van der Waals surface area contributed by atoms with Crippen molar-refractivity contribution in [3.63, 3.8) is 0 Å². The first kappa shape index (κ1) is 18.1. The van der Waals surface area contributed by atoms with Gasteiger partial charge in [-0.25, -0.2) is 13.1 Å². The second-order valence-corrected chi connectivity index (χ2v) is 7.48. The van der Waals surface area contributed by atoms with Gasteiger partial charge in [0.1, 0.15) is 0 Å². The Morgan fingerprint density at radius 2 is 1.85 bits per heavy atom. The largest absolute Gasteiger partial charge is 0.382 e. The molecule has 0 unspecified atom stereocenters. The Balaban J connectivity index is 2.63. The van der Waals surface area contributed by atoms with Crippen molar-refractivity contribution in [1.82, 2.24) is 4.72 Å². The van der Waals surface area contributed by atoms with Crippen LogP contribution in [0.4, 0.5) is 0 Å². The van der Waals surface area contributed by atoms with E-state index >= 15 is 0 Å². The smallest absolute Gasteiger partial charge is 0.241 e. The van der Waals surface area contributed by atoms with Crippen molar-refractivity contribution in [3.8, 4) is 0 Å². The third kappa shape index (κ3) is 5.42. The van der Waals surface area contributed by atoms with E-state index in [0.717, 1.165) is 10.0 Å². The lowest BCUT2D eigenvalue weighted by Crippen LogP contribution is -2.28. The van der Waals surface area contributed by atoms with Crippen LogP contribution in [0.25, 0.3) is 0 Å². The monoisotopic (exact) mass is 429 g/mol. The lowest BCUT2D eigenvalue weighted by molar-refractivity contribution is 0.0736.